The molecule has 0 saturated carbocycles. The van der Waals surface area contributed by atoms with Gasteiger partial charge in [0, 0.05) is 13.0 Å². The minimum Gasteiger partial charge on any atom is -0.370 e. The van der Waals surface area contributed by atoms with E-state index >= 15 is 0 Å². The zero-order valence-corrected chi connectivity index (χ0v) is 15.6. The summed E-state index contributed by atoms with van der Waals surface area (Å²) in [6.45, 7) is 10.6. The van der Waals surface area contributed by atoms with Crippen LogP contribution in [0.2, 0.25) is 0 Å². The monoisotopic (exact) mass is 325 g/mol. The molecule has 0 aromatic carbocycles. The van der Waals surface area contributed by atoms with Crippen molar-refractivity contribution in [1.29, 1.82) is 0 Å². The van der Waals surface area contributed by atoms with E-state index < -0.39 is 0 Å². The van der Waals surface area contributed by atoms with E-state index in [9.17, 15) is 4.79 Å². The second-order valence-electron chi connectivity index (χ2n) is 7.09. The molecule has 4 heteroatoms. The van der Waals surface area contributed by atoms with Gasteiger partial charge in [-0.2, -0.15) is 0 Å². The third-order valence-electron chi connectivity index (χ3n) is 4.86. The summed E-state index contributed by atoms with van der Waals surface area (Å²) in [5, 5.41) is 1.32. The predicted molar refractivity (Wildman–Crippen MR) is 93.9 cm³/mol. The standard InChI is InChI=1S/C19H35NO3/c1-7-8-9-17-13-15(3)18(23-17)11-10-14(2)12-16(4)19(21)20(5)22-6/h14,16-18H,3,7-13H2,1-2,4-6H3/t14?,16-,17+,18?/m1/s1. The van der Waals surface area contributed by atoms with Gasteiger partial charge in [0.05, 0.1) is 19.3 Å². The van der Waals surface area contributed by atoms with Gasteiger partial charge in [-0.3, -0.25) is 9.63 Å². The van der Waals surface area contributed by atoms with E-state index in [-0.39, 0.29) is 17.9 Å². The summed E-state index contributed by atoms with van der Waals surface area (Å²) in [7, 11) is 3.18. The number of carbonyl (C=O) groups is 1. The Bertz CT molecular complexity index is 383. The molecule has 23 heavy (non-hydrogen) atoms. The minimum atomic E-state index is -0.0139. The average Bonchev–Trinajstić information content (AvgIpc) is 2.89. The van der Waals surface area contributed by atoms with Crippen molar-refractivity contribution in [2.75, 3.05) is 14.2 Å². The second kappa shape index (κ2) is 10.1. The van der Waals surface area contributed by atoms with Crippen molar-refractivity contribution in [2.24, 2.45) is 11.8 Å². The normalized spacial score (nSPS) is 23.8. The van der Waals surface area contributed by atoms with Gasteiger partial charge in [0.1, 0.15) is 0 Å². The molecule has 1 rings (SSSR count). The SMILES string of the molecule is C=C1C[C@H](CCCC)OC1CCC(C)C[C@@H](C)C(=O)N(C)OC. The molecule has 0 aromatic rings. The Hall–Kier alpha value is -0.870. The Morgan fingerprint density at radius 3 is 2.74 bits per heavy atom. The number of nitrogens with zero attached hydrogens (tertiary/aromatic N) is 1. The summed E-state index contributed by atoms with van der Waals surface area (Å²) >= 11 is 0. The van der Waals surface area contributed by atoms with Crippen LogP contribution in [-0.4, -0.2) is 37.3 Å². The van der Waals surface area contributed by atoms with Crippen molar-refractivity contribution in [1.82, 2.24) is 5.06 Å². The molecule has 0 aromatic heterocycles. The van der Waals surface area contributed by atoms with Crippen LogP contribution in [0, 0.1) is 11.8 Å². The van der Waals surface area contributed by atoms with Crippen molar-refractivity contribution in [2.45, 2.75) is 77.9 Å². The van der Waals surface area contributed by atoms with Gasteiger partial charge in [0.15, 0.2) is 0 Å². The lowest BCUT2D eigenvalue weighted by molar-refractivity contribution is -0.173. The van der Waals surface area contributed by atoms with Crippen molar-refractivity contribution in [3.63, 3.8) is 0 Å². The molecule has 0 aliphatic carbocycles. The molecular weight excluding hydrogens is 290 g/mol. The van der Waals surface area contributed by atoms with Gasteiger partial charge in [-0.25, -0.2) is 5.06 Å². The third-order valence-corrected chi connectivity index (χ3v) is 4.86. The molecule has 0 N–H and O–H groups in total. The average molecular weight is 325 g/mol. The molecule has 1 heterocycles. The Balaban J connectivity index is 2.31. The number of hydrogen-bond donors (Lipinski definition) is 0. The highest BCUT2D eigenvalue weighted by atomic mass is 16.7. The molecule has 1 fully saturated rings. The Labute approximate surface area is 142 Å². The van der Waals surface area contributed by atoms with Gasteiger partial charge < -0.3 is 4.74 Å². The maximum Gasteiger partial charge on any atom is 0.248 e. The third kappa shape index (κ3) is 6.64. The zero-order chi connectivity index (χ0) is 17.4. The van der Waals surface area contributed by atoms with Crippen LogP contribution in [0.3, 0.4) is 0 Å². The molecule has 4 nitrogen and oxygen atoms in total. The first-order valence-corrected chi connectivity index (χ1v) is 9.03. The van der Waals surface area contributed by atoms with Crippen LogP contribution >= 0.6 is 0 Å². The number of hydroxylamine groups is 2. The fraction of sp³-hybridized carbons (Fsp3) is 0.842. The van der Waals surface area contributed by atoms with Crippen LogP contribution in [0.5, 0.6) is 0 Å². The lowest BCUT2D eigenvalue weighted by Crippen LogP contribution is -2.31. The van der Waals surface area contributed by atoms with Gasteiger partial charge in [-0.1, -0.05) is 40.2 Å². The van der Waals surface area contributed by atoms with Crippen LogP contribution < -0.4 is 0 Å². The number of hydrogen-bond acceptors (Lipinski definition) is 3. The summed E-state index contributed by atoms with van der Waals surface area (Å²) < 4.78 is 6.14. The van der Waals surface area contributed by atoms with E-state index in [1.807, 2.05) is 6.92 Å². The Kier molecular flexibility index (Phi) is 8.85. The number of carbonyl (C=O) groups excluding carboxylic acids is 1. The molecule has 0 radical (unpaired) electrons. The molecule has 0 bridgehead atoms. The van der Waals surface area contributed by atoms with E-state index in [0.717, 1.165) is 32.1 Å². The van der Waals surface area contributed by atoms with Gasteiger partial charge in [0.2, 0.25) is 5.91 Å². The summed E-state index contributed by atoms with van der Waals surface area (Å²) in [5.74, 6) is 0.519. The summed E-state index contributed by atoms with van der Waals surface area (Å²) in [6.07, 6.45) is 8.17. The van der Waals surface area contributed by atoms with E-state index in [1.165, 1.54) is 30.6 Å². The Morgan fingerprint density at radius 1 is 1.43 bits per heavy atom. The maximum atomic E-state index is 12.0. The van der Waals surface area contributed by atoms with Crippen molar-refractivity contribution < 1.29 is 14.4 Å². The van der Waals surface area contributed by atoms with Crippen LogP contribution in [0.1, 0.15) is 65.7 Å². The number of ether oxygens (including phenoxy) is 1. The van der Waals surface area contributed by atoms with Gasteiger partial charge in [-0.15, -0.1) is 0 Å². The van der Waals surface area contributed by atoms with Crippen molar-refractivity contribution in [3.8, 4) is 0 Å². The lowest BCUT2D eigenvalue weighted by Gasteiger charge is -2.22. The number of rotatable bonds is 10. The number of amides is 1. The molecule has 1 aliphatic heterocycles. The topological polar surface area (TPSA) is 38.8 Å². The summed E-state index contributed by atoms with van der Waals surface area (Å²) in [5.41, 5.74) is 1.25. The molecular formula is C19H35NO3. The highest BCUT2D eigenvalue weighted by Crippen LogP contribution is 2.31. The Morgan fingerprint density at radius 2 is 2.13 bits per heavy atom. The second-order valence-corrected chi connectivity index (χ2v) is 7.09. The molecule has 1 saturated heterocycles. The number of unbranched alkanes of at least 4 members (excludes halogenated alkanes) is 1. The lowest BCUT2D eigenvalue weighted by atomic mass is 9.91. The fourth-order valence-corrected chi connectivity index (χ4v) is 3.33. The molecule has 4 atom stereocenters. The quantitative estimate of drug-likeness (QED) is 0.443. The minimum absolute atomic E-state index is 0.0139. The van der Waals surface area contributed by atoms with E-state index in [4.69, 9.17) is 9.57 Å². The summed E-state index contributed by atoms with van der Waals surface area (Å²) in [6, 6.07) is 0. The van der Waals surface area contributed by atoms with E-state index in [1.54, 1.807) is 7.05 Å². The zero-order valence-electron chi connectivity index (χ0n) is 15.6. The fourth-order valence-electron chi connectivity index (χ4n) is 3.33. The molecule has 0 spiro atoms. The van der Waals surface area contributed by atoms with Gasteiger partial charge in [0.25, 0.3) is 0 Å². The predicted octanol–water partition coefficient (Wildman–Crippen LogP) is 4.35. The van der Waals surface area contributed by atoms with E-state index in [2.05, 4.69) is 20.4 Å². The molecule has 1 aliphatic rings. The first kappa shape index (κ1) is 20.2. The summed E-state index contributed by atoms with van der Waals surface area (Å²) in [4.78, 5) is 17.0. The van der Waals surface area contributed by atoms with Crippen LogP contribution in [-0.2, 0) is 14.4 Å². The van der Waals surface area contributed by atoms with Crippen LogP contribution in [0.4, 0.5) is 0 Å². The van der Waals surface area contributed by atoms with Crippen molar-refractivity contribution >= 4 is 5.91 Å². The molecule has 1 amide bonds. The van der Waals surface area contributed by atoms with Crippen LogP contribution in [0.25, 0.3) is 0 Å². The van der Waals surface area contributed by atoms with Crippen molar-refractivity contribution in [3.05, 3.63) is 12.2 Å². The first-order valence-electron chi connectivity index (χ1n) is 9.03. The van der Waals surface area contributed by atoms with Crippen LogP contribution in [0.15, 0.2) is 12.2 Å². The highest BCUT2D eigenvalue weighted by molar-refractivity contribution is 5.77. The van der Waals surface area contributed by atoms with Gasteiger partial charge >= 0.3 is 0 Å². The maximum absolute atomic E-state index is 12.0. The smallest absolute Gasteiger partial charge is 0.248 e. The largest absolute Gasteiger partial charge is 0.370 e. The molecule has 134 valence electrons. The molecule has 2 unspecified atom stereocenters. The highest BCUT2D eigenvalue weighted by Gasteiger charge is 2.28. The van der Waals surface area contributed by atoms with Gasteiger partial charge in [-0.05, 0) is 43.6 Å². The van der Waals surface area contributed by atoms with E-state index in [0.29, 0.717) is 12.0 Å². The first-order chi connectivity index (χ1) is 10.9.